The second-order valence-corrected chi connectivity index (χ2v) is 4.33. The van der Waals surface area contributed by atoms with E-state index in [4.69, 9.17) is 16.3 Å². The number of rotatable bonds is 6. The van der Waals surface area contributed by atoms with E-state index in [0.717, 1.165) is 11.6 Å². The number of benzene rings is 1. The molecule has 5 heteroatoms. The van der Waals surface area contributed by atoms with E-state index in [-0.39, 0.29) is 10.6 Å². The van der Waals surface area contributed by atoms with Crippen LogP contribution in [0.3, 0.4) is 0 Å². The number of amides is 1. The van der Waals surface area contributed by atoms with E-state index < -0.39 is 11.7 Å². The Kier molecular flexibility index (Phi) is 5.82. The van der Waals surface area contributed by atoms with E-state index >= 15 is 0 Å². The average Bonchev–Trinajstić information content (AvgIpc) is 2.27. The molecule has 98 valence electrons. The lowest BCUT2D eigenvalue weighted by molar-refractivity contribution is 0.0923. The molecule has 0 saturated heterocycles. The molecule has 3 nitrogen and oxygen atoms in total. The molecule has 1 aromatic rings. The van der Waals surface area contributed by atoms with Crippen LogP contribution in [0.5, 0.6) is 0 Å². The molecule has 1 N–H and O–H groups in total. The standard InChI is InChI=1S/C13H15ClFNO2/c1-9(2)8-18-6-5-16-13(17)11-4-3-10(14)7-12(11)15/h3-4,7H,1,5-6,8H2,2H3,(H,16,17). The van der Waals surface area contributed by atoms with Crippen molar-refractivity contribution in [2.45, 2.75) is 6.92 Å². The van der Waals surface area contributed by atoms with Gasteiger partial charge in [0.15, 0.2) is 0 Å². The topological polar surface area (TPSA) is 38.3 Å². The van der Waals surface area contributed by atoms with Crippen molar-refractivity contribution in [2.24, 2.45) is 0 Å². The summed E-state index contributed by atoms with van der Waals surface area (Å²) in [4.78, 5) is 11.6. The summed E-state index contributed by atoms with van der Waals surface area (Å²) in [7, 11) is 0. The highest BCUT2D eigenvalue weighted by atomic mass is 35.5. The number of carbonyl (C=O) groups is 1. The Bertz CT molecular complexity index is 449. The average molecular weight is 272 g/mol. The zero-order valence-corrected chi connectivity index (χ0v) is 10.9. The molecule has 0 radical (unpaired) electrons. The third-order valence-corrected chi connectivity index (χ3v) is 2.29. The Morgan fingerprint density at radius 2 is 2.28 bits per heavy atom. The number of halogens is 2. The summed E-state index contributed by atoms with van der Waals surface area (Å²) in [6, 6.07) is 3.92. The van der Waals surface area contributed by atoms with Crippen LogP contribution in [0.2, 0.25) is 5.02 Å². The van der Waals surface area contributed by atoms with Crippen LogP contribution in [-0.4, -0.2) is 25.7 Å². The van der Waals surface area contributed by atoms with E-state index in [2.05, 4.69) is 11.9 Å². The number of carbonyl (C=O) groups excluding carboxylic acids is 1. The Morgan fingerprint density at radius 3 is 2.89 bits per heavy atom. The molecule has 0 unspecified atom stereocenters. The first-order valence-electron chi connectivity index (χ1n) is 5.46. The van der Waals surface area contributed by atoms with Crippen molar-refractivity contribution in [3.63, 3.8) is 0 Å². The minimum absolute atomic E-state index is 0.0284. The van der Waals surface area contributed by atoms with Gasteiger partial charge in [-0.3, -0.25) is 4.79 Å². The molecule has 0 bridgehead atoms. The first-order chi connectivity index (χ1) is 8.50. The Balaban J connectivity index is 2.39. The van der Waals surface area contributed by atoms with Crippen molar-refractivity contribution < 1.29 is 13.9 Å². The molecular formula is C13H15ClFNO2. The summed E-state index contributed by atoms with van der Waals surface area (Å²) in [5.74, 6) is -1.12. The van der Waals surface area contributed by atoms with Crippen LogP contribution in [0.4, 0.5) is 4.39 Å². The molecule has 0 aliphatic heterocycles. The van der Waals surface area contributed by atoms with Crippen LogP contribution >= 0.6 is 11.6 Å². The maximum Gasteiger partial charge on any atom is 0.254 e. The number of hydrogen-bond donors (Lipinski definition) is 1. The van der Waals surface area contributed by atoms with Gasteiger partial charge < -0.3 is 10.1 Å². The fraction of sp³-hybridized carbons (Fsp3) is 0.308. The first kappa shape index (κ1) is 14.7. The van der Waals surface area contributed by atoms with Crippen LogP contribution in [0.15, 0.2) is 30.4 Å². The monoisotopic (exact) mass is 271 g/mol. The second-order valence-electron chi connectivity index (χ2n) is 3.89. The summed E-state index contributed by atoms with van der Waals surface area (Å²) in [5, 5.41) is 2.81. The van der Waals surface area contributed by atoms with Gasteiger partial charge in [-0.2, -0.15) is 0 Å². The molecule has 1 aromatic carbocycles. The highest BCUT2D eigenvalue weighted by molar-refractivity contribution is 6.30. The predicted octanol–water partition coefficient (Wildman–Crippen LogP) is 2.80. The fourth-order valence-corrected chi connectivity index (χ4v) is 1.41. The molecule has 1 rings (SSSR count). The number of nitrogens with one attached hydrogen (secondary N) is 1. The molecule has 0 aliphatic rings. The predicted molar refractivity (Wildman–Crippen MR) is 69.4 cm³/mol. The fourth-order valence-electron chi connectivity index (χ4n) is 1.25. The molecule has 1 amide bonds. The maximum absolute atomic E-state index is 13.4. The minimum Gasteiger partial charge on any atom is -0.375 e. The third kappa shape index (κ3) is 4.85. The van der Waals surface area contributed by atoms with Crippen LogP contribution in [0.25, 0.3) is 0 Å². The van der Waals surface area contributed by atoms with Gasteiger partial charge in [-0.15, -0.1) is 0 Å². The van der Waals surface area contributed by atoms with Crippen molar-refractivity contribution in [2.75, 3.05) is 19.8 Å². The van der Waals surface area contributed by atoms with Gasteiger partial charge in [-0.1, -0.05) is 23.8 Å². The Labute approximate surface area is 111 Å². The van der Waals surface area contributed by atoms with Crippen LogP contribution < -0.4 is 5.32 Å². The molecule has 0 spiro atoms. The summed E-state index contributed by atoms with van der Waals surface area (Å²) in [6.45, 7) is 6.65. The molecule has 0 aromatic heterocycles. The highest BCUT2D eigenvalue weighted by Gasteiger charge is 2.11. The summed E-state index contributed by atoms with van der Waals surface area (Å²) >= 11 is 5.60. The lowest BCUT2D eigenvalue weighted by atomic mass is 10.2. The van der Waals surface area contributed by atoms with Gasteiger partial charge in [-0.05, 0) is 25.1 Å². The van der Waals surface area contributed by atoms with Crippen LogP contribution in [0.1, 0.15) is 17.3 Å². The summed E-state index contributed by atoms with van der Waals surface area (Å²) in [6.07, 6.45) is 0. The van der Waals surface area contributed by atoms with Crippen molar-refractivity contribution >= 4 is 17.5 Å². The van der Waals surface area contributed by atoms with Gasteiger partial charge in [0.1, 0.15) is 5.82 Å². The lowest BCUT2D eigenvalue weighted by Gasteiger charge is -2.07. The van der Waals surface area contributed by atoms with E-state index in [1.165, 1.54) is 12.1 Å². The quantitative estimate of drug-likeness (QED) is 0.638. The van der Waals surface area contributed by atoms with E-state index in [1.54, 1.807) is 0 Å². The lowest BCUT2D eigenvalue weighted by Crippen LogP contribution is -2.28. The smallest absolute Gasteiger partial charge is 0.254 e. The zero-order valence-electron chi connectivity index (χ0n) is 10.1. The van der Waals surface area contributed by atoms with Crippen molar-refractivity contribution in [3.05, 3.63) is 46.8 Å². The van der Waals surface area contributed by atoms with E-state index in [1.807, 2.05) is 6.92 Å². The molecule has 0 heterocycles. The molecule has 0 fully saturated rings. The van der Waals surface area contributed by atoms with Gasteiger partial charge in [0.05, 0.1) is 18.8 Å². The van der Waals surface area contributed by atoms with Gasteiger partial charge in [0.2, 0.25) is 0 Å². The summed E-state index contributed by atoms with van der Waals surface area (Å²) < 4.78 is 18.6. The normalized spacial score (nSPS) is 10.2. The Hall–Kier alpha value is -1.39. The van der Waals surface area contributed by atoms with E-state index in [9.17, 15) is 9.18 Å². The Morgan fingerprint density at radius 1 is 1.56 bits per heavy atom. The molecule has 0 aliphatic carbocycles. The van der Waals surface area contributed by atoms with Crippen LogP contribution in [0, 0.1) is 5.82 Å². The third-order valence-electron chi connectivity index (χ3n) is 2.06. The van der Waals surface area contributed by atoms with Crippen molar-refractivity contribution in [1.82, 2.24) is 5.32 Å². The van der Waals surface area contributed by atoms with Gasteiger partial charge in [0.25, 0.3) is 5.91 Å². The second kappa shape index (κ2) is 7.13. The number of hydrogen-bond acceptors (Lipinski definition) is 2. The zero-order chi connectivity index (χ0) is 13.5. The summed E-state index contributed by atoms with van der Waals surface area (Å²) in [5.41, 5.74) is 0.879. The maximum atomic E-state index is 13.4. The molecule has 0 atom stereocenters. The van der Waals surface area contributed by atoms with Crippen molar-refractivity contribution in [1.29, 1.82) is 0 Å². The largest absolute Gasteiger partial charge is 0.375 e. The van der Waals surface area contributed by atoms with Gasteiger partial charge >= 0.3 is 0 Å². The van der Waals surface area contributed by atoms with Crippen LogP contribution in [-0.2, 0) is 4.74 Å². The minimum atomic E-state index is -0.636. The highest BCUT2D eigenvalue weighted by Crippen LogP contribution is 2.14. The number of ether oxygens (including phenoxy) is 1. The molecule has 0 saturated carbocycles. The van der Waals surface area contributed by atoms with Gasteiger partial charge in [0, 0.05) is 11.6 Å². The molecule has 18 heavy (non-hydrogen) atoms. The van der Waals surface area contributed by atoms with Crippen molar-refractivity contribution in [3.8, 4) is 0 Å². The first-order valence-corrected chi connectivity index (χ1v) is 5.84. The SMILES string of the molecule is C=C(C)COCCNC(=O)c1ccc(Cl)cc1F. The molecular weight excluding hydrogens is 257 g/mol. The van der Waals surface area contributed by atoms with Gasteiger partial charge in [-0.25, -0.2) is 4.39 Å². The van der Waals surface area contributed by atoms with E-state index in [0.29, 0.717) is 19.8 Å².